The molecule has 0 aliphatic heterocycles. The van der Waals surface area contributed by atoms with Crippen molar-refractivity contribution in [3.05, 3.63) is 27.8 Å². The van der Waals surface area contributed by atoms with Gasteiger partial charge < -0.3 is 0 Å². The van der Waals surface area contributed by atoms with E-state index in [9.17, 15) is 0 Å². The molecule has 4 heteroatoms. The van der Waals surface area contributed by atoms with Gasteiger partial charge in [-0.05, 0) is 12.1 Å². The number of fused-ring (bicyclic) bond motifs is 1. The molecular weight excluding hydrogens is 227 g/mol. The van der Waals surface area contributed by atoms with Gasteiger partial charge in [0.1, 0.15) is 0 Å². The number of rotatable bonds is 0. The quantitative estimate of drug-likeness (QED) is 0.742. The number of aromatic nitrogens is 2. The van der Waals surface area contributed by atoms with Crippen molar-refractivity contribution in [3.8, 4) is 0 Å². The smallest absolute Gasteiger partial charge is 0.0837 e. The number of H-pyrrole nitrogens is 1. The predicted octanol–water partition coefficient (Wildman–Crippen LogP) is 2.98. The van der Waals surface area contributed by atoms with Gasteiger partial charge in [-0.1, -0.05) is 27.5 Å². The zero-order valence-electron chi connectivity index (χ0n) is 5.44. The first-order valence-electron chi connectivity index (χ1n) is 3.05. The highest BCUT2D eigenvalue weighted by molar-refractivity contribution is 9.10. The van der Waals surface area contributed by atoms with Gasteiger partial charge in [-0.3, -0.25) is 5.10 Å². The van der Waals surface area contributed by atoms with Crippen LogP contribution in [0.5, 0.6) is 0 Å². The second kappa shape index (κ2) is 2.50. The highest BCUT2D eigenvalue weighted by atomic mass is 79.9. The maximum atomic E-state index is 5.90. The summed E-state index contributed by atoms with van der Waals surface area (Å²) in [5, 5.41) is 8.39. The first kappa shape index (κ1) is 7.13. The van der Waals surface area contributed by atoms with Crippen LogP contribution in [0, 0.1) is 0 Å². The van der Waals surface area contributed by atoms with Crippen LogP contribution in [0.4, 0.5) is 0 Å². The van der Waals surface area contributed by atoms with E-state index >= 15 is 0 Å². The standard InChI is InChI=1S/C7H4BrClN2/c8-5-1-4-3-10-11-7(4)6(9)2-5/h1-3H,(H,10,11). The van der Waals surface area contributed by atoms with E-state index < -0.39 is 0 Å². The lowest BCUT2D eigenvalue weighted by molar-refractivity contribution is 1.12. The summed E-state index contributed by atoms with van der Waals surface area (Å²) in [5.74, 6) is 0. The number of nitrogens with one attached hydrogen (secondary N) is 1. The third-order valence-electron chi connectivity index (χ3n) is 1.47. The number of halogens is 2. The molecule has 1 N–H and O–H groups in total. The Morgan fingerprint density at radius 2 is 2.27 bits per heavy atom. The Morgan fingerprint density at radius 3 is 3.09 bits per heavy atom. The van der Waals surface area contributed by atoms with Gasteiger partial charge in [0.25, 0.3) is 0 Å². The molecule has 0 radical (unpaired) electrons. The predicted molar refractivity (Wildman–Crippen MR) is 48.8 cm³/mol. The summed E-state index contributed by atoms with van der Waals surface area (Å²) in [6.07, 6.45) is 1.74. The molecule has 56 valence electrons. The van der Waals surface area contributed by atoms with Crippen molar-refractivity contribution in [2.75, 3.05) is 0 Å². The topological polar surface area (TPSA) is 28.7 Å². The summed E-state index contributed by atoms with van der Waals surface area (Å²) in [5.41, 5.74) is 0.884. The van der Waals surface area contributed by atoms with Gasteiger partial charge in [0.15, 0.2) is 0 Å². The molecular formula is C7H4BrClN2. The highest BCUT2D eigenvalue weighted by Gasteiger charge is 2.01. The van der Waals surface area contributed by atoms with E-state index in [1.807, 2.05) is 12.1 Å². The van der Waals surface area contributed by atoms with Crippen LogP contribution in [0.2, 0.25) is 5.02 Å². The van der Waals surface area contributed by atoms with E-state index in [-0.39, 0.29) is 0 Å². The normalized spacial score (nSPS) is 10.7. The van der Waals surface area contributed by atoms with Gasteiger partial charge in [-0.15, -0.1) is 0 Å². The number of hydrogen-bond donors (Lipinski definition) is 1. The average Bonchev–Trinajstić information content (AvgIpc) is 2.34. The van der Waals surface area contributed by atoms with Crippen molar-refractivity contribution < 1.29 is 0 Å². The molecule has 0 saturated heterocycles. The summed E-state index contributed by atoms with van der Waals surface area (Å²) >= 11 is 9.24. The van der Waals surface area contributed by atoms with Gasteiger partial charge in [0.2, 0.25) is 0 Å². The minimum atomic E-state index is 0.687. The van der Waals surface area contributed by atoms with Crippen molar-refractivity contribution in [2.45, 2.75) is 0 Å². The number of aromatic amines is 1. The average molecular weight is 231 g/mol. The van der Waals surface area contributed by atoms with E-state index in [0.717, 1.165) is 15.4 Å². The summed E-state index contributed by atoms with van der Waals surface area (Å²) in [4.78, 5) is 0. The Bertz CT molecular complexity index is 396. The minimum absolute atomic E-state index is 0.687. The summed E-state index contributed by atoms with van der Waals surface area (Å²) < 4.78 is 0.969. The lowest BCUT2D eigenvalue weighted by atomic mass is 10.3. The van der Waals surface area contributed by atoms with Crippen LogP contribution in [0.1, 0.15) is 0 Å². The Kier molecular flexibility index (Phi) is 1.62. The van der Waals surface area contributed by atoms with Crippen molar-refractivity contribution in [1.82, 2.24) is 10.2 Å². The van der Waals surface area contributed by atoms with Crippen LogP contribution in [-0.2, 0) is 0 Å². The first-order chi connectivity index (χ1) is 5.27. The number of hydrogen-bond acceptors (Lipinski definition) is 1. The molecule has 1 aromatic heterocycles. The fourth-order valence-corrected chi connectivity index (χ4v) is 1.86. The number of nitrogens with zero attached hydrogens (tertiary/aromatic N) is 1. The van der Waals surface area contributed by atoms with E-state index in [4.69, 9.17) is 11.6 Å². The van der Waals surface area contributed by atoms with E-state index in [1.54, 1.807) is 6.20 Å². The maximum Gasteiger partial charge on any atom is 0.0837 e. The monoisotopic (exact) mass is 230 g/mol. The van der Waals surface area contributed by atoms with E-state index in [2.05, 4.69) is 26.1 Å². The van der Waals surface area contributed by atoms with Gasteiger partial charge in [-0.2, -0.15) is 5.10 Å². The Balaban J connectivity index is 2.91. The third-order valence-corrected chi connectivity index (χ3v) is 2.22. The highest BCUT2D eigenvalue weighted by Crippen LogP contribution is 2.25. The Morgan fingerprint density at radius 1 is 1.45 bits per heavy atom. The van der Waals surface area contributed by atoms with E-state index in [0.29, 0.717) is 5.02 Å². The molecule has 0 fully saturated rings. The fraction of sp³-hybridized carbons (Fsp3) is 0. The van der Waals surface area contributed by atoms with Crippen LogP contribution in [-0.4, -0.2) is 10.2 Å². The molecule has 0 aliphatic rings. The molecule has 0 atom stereocenters. The van der Waals surface area contributed by atoms with Crippen LogP contribution in [0.25, 0.3) is 10.9 Å². The molecule has 2 aromatic rings. The number of benzene rings is 1. The summed E-state index contributed by atoms with van der Waals surface area (Å²) in [7, 11) is 0. The van der Waals surface area contributed by atoms with Crippen molar-refractivity contribution in [1.29, 1.82) is 0 Å². The summed E-state index contributed by atoms with van der Waals surface area (Å²) in [6.45, 7) is 0. The molecule has 0 unspecified atom stereocenters. The summed E-state index contributed by atoms with van der Waals surface area (Å²) in [6, 6.07) is 3.80. The Hall–Kier alpha value is -0.540. The van der Waals surface area contributed by atoms with Crippen molar-refractivity contribution in [2.24, 2.45) is 0 Å². The molecule has 2 nitrogen and oxygen atoms in total. The van der Waals surface area contributed by atoms with Crippen LogP contribution >= 0.6 is 27.5 Å². The zero-order valence-corrected chi connectivity index (χ0v) is 7.78. The van der Waals surface area contributed by atoms with Crippen molar-refractivity contribution in [3.63, 3.8) is 0 Å². The van der Waals surface area contributed by atoms with Gasteiger partial charge in [0.05, 0.1) is 16.7 Å². The SMILES string of the molecule is Clc1cc(Br)cc2cn[nH]c12. The lowest BCUT2D eigenvalue weighted by Crippen LogP contribution is -1.71. The second-order valence-corrected chi connectivity index (χ2v) is 3.54. The third kappa shape index (κ3) is 1.14. The first-order valence-corrected chi connectivity index (χ1v) is 4.22. The van der Waals surface area contributed by atoms with Crippen LogP contribution in [0.3, 0.4) is 0 Å². The largest absolute Gasteiger partial charge is 0.276 e. The van der Waals surface area contributed by atoms with Gasteiger partial charge in [-0.25, -0.2) is 0 Å². The second-order valence-electron chi connectivity index (χ2n) is 2.22. The molecule has 0 amide bonds. The fourth-order valence-electron chi connectivity index (χ4n) is 0.980. The van der Waals surface area contributed by atoms with Gasteiger partial charge >= 0.3 is 0 Å². The molecule has 0 aliphatic carbocycles. The Labute approximate surface area is 76.7 Å². The maximum absolute atomic E-state index is 5.90. The molecule has 1 aromatic carbocycles. The van der Waals surface area contributed by atoms with Crippen LogP contribution < -0.4 is 0 Å². The molecule has 0 spiro atoms. The lowest BCUT2D eigenvalue weighted by Gasteiger charge is -1.93. The minimum Gasteiger partial charge on any atom is -0.276 e. The molecule has 2 rings (SSSR count). The molecule has 0 saturated carbocycles. The van der Waals surface area contributed by atoms with Gasteiger partial charge in [0, 0.05) is 9.86 Å². The molecule has 11 heavy (non-hydrogen) atoms. The zero-order chi connectivity index (χ0) is 7.84. The molecule has 0 bridgehead atoms. The van der Waals surface area contributed by atoms with E-state index in [1.165, 1.54) is 0 Å². The molecule has 1 heterocycles. The van der Waals surface area contributed by atoms with Crippen LogP contribution in [0.15, 0.2) is 22.8 Å². The van der Waals surface area contributed by atoms with Crippen molar-refractivity contribution >= 4 is 38.4 Å².